The molecule has 124 valence electrons. The highest BCUT2D eigenvalue weighted by atomic mass is 16.4. The Morgan fingerprint density at radius 2 is 1.87 bits per heavy atom. The molecule has 1 aliphatic rings. The number of nitrogens with one attached hydrogen (secondary N) is 2. The first-order chi connectivity index (χ1) is 10.9. The van der Waals surface area contributed by atoms with Crippen LogP contribution in [0.1, 0.15) is 49.0 Å². The molecule has 1 aromatic rings. The Hall–Kier alpha value is -2.30. The fourth-order valence-electron chi connectivity index (χ4n) is 2.71. The number of urea groups is 1. The van der Waals surface area contributed by atoms with Crippen LogP contribution in [0.5, 0.6) is 0 Å². The van der Waals surface area contributed by atoms with E-state index in [2.05, 4.69) is 30.6 Å². The van der Waals surface area contributed by atoms with Crippen molar-refractivity contribution in [2.75, 3.05) is 6.54 Å². The fraction of sp³-hybridized carbons (Fsp3) is 0.444. The van der Waals surface area contributed by atoms with Crippen LogP contribution in [0, 0.1) is 5.41 Å². The number of rotatable bonds is 6. The minimum atomic E-state index is -0.953. The maximum atomic E-state index is 11.9. The first-order valence-corrected chi connectivity index (χ1v) is 7.92. The van der Waals surface area contributed by atoms with Gasteiger partial charge in [-0.25, -0.2) is 9.59 Å². The van der Waals surface area contributed by atoms with Crippen LogP contribution < -0.4 is 10.6 Å². The molecule has 5 heteroatoms. The Bertz CT molecular complexity index is 603. The normalized spacial score (nSPS) is 14.3. The predicted octanol–water partition coefficient (Wildman–Crippen LogP) is 3.32. The quantitative estimate of drug-likeness (QED) is 0.704. The second-order valence-electron chi connectivity index (χ2n) is 6.54. The van der Waals surface area contributed by atoms with Crippen LogP contribution in [0.15, 0.2) is 35.9 Å². The predicted molar refractivity (Wildman–Crippen MR) is 89.4 cm³/mol. The maximum Gasteiger partial charge on any atom is 0.335 e. The molecule has 2 amide bonds. The molecule has 0 radical (unpaired) electrons. The molecule has 3 N–H and O–H groups in total. The number of allylic oxidation sites excluding steroid dienone is 1. The zero-order valence-electron chi connectivity index (χ0n) is 13.7. The van der Waals surface area contributed by atoms with Crippen molar-refractivity contribution in [2.45, 2.75) is 39.7 Å². The summed E-state index contributed by atoms with van der Waals surface area (Å²) >= 11 is 0. The molecule has 0 aromatic heterocycles. The molecule has 5 nitrogen and oxygen atoms in total. The smallest absolute Gasteiger partial charge is 0.335 e. The lowest BCUT2D eigenvalue weighted by molar-refractivity contribution is 0.0697. The van der Waals surface area contributed by atoms with Gasteiger partial charge in [-0.15, -0.1) is 0 Å². The molecule has 0 fully saturated rings. The Labute approximate surface area is 136 Å². The second kappa shape index (κ2) is 7.31. The second-order valence-corrected chi connectivity index (χ2v) is 6.54. The van der Waals surface area contributed by atoms with Crippen molar-refractivity contribution in [3.05, 3.63) is 47.0 Å². The molecule has 0 heterocycles. The van der Waals surface area contributed by atoms with Crippen molar-refractivity contribution in [3.63, 3.8) is 0 Å². The molecule has 0 saturated carbocycles. The molecule has 0 bridgehead atoms. The van der Waals surface area contributed by atoms with Crippen LogP contribution >= 0.6 is 0 Å². The van der Waals surface area contributed by atoms with Gasteiger partial charge in [-0.05, 0) is 37.0 Å². The number of carboxylic acid groups (broad SMARTS) is 1. The van der Waals surface area contributed by atoms with E-state index >= 15 is 0 Å². The lowest BCUT2D eigenvalue weighted by Gasteiger charge is -2.27. The van der Waals surface area contributed by atoms with Crippen LogP contribution in [0.25, 0.3) is 0 Å². The highest BCUT2D eigenvalue weighted by Gasteiger charge is 2.25. The third kappa shape index (κ3) is 4.84. The highest BCUT2D eigenvalue weighted by molar-refractivity contribution is 5.87. The molecule has 0 atom stereocenters. The monoisotopic (exact) mass is 316 g/mol. The molecule has 0 spiro atoms. The maximum absolute atomic E-state index is 11.9. The van der Waals surface area contributed by atoms with E-state index in [0.29, 0.717) is 13.1 Å². The summed E-state index contributed by atoms with van der Waals surface area (Å²) in [7, 11) is 0. The van der Waals surface area contributed by atoms with Gasteiger partial charge >= 0.3 is 12.0 Å². The Morgan fingerprint density at radius 3 is 2.43 bits per heavy atom. The molecule has 0 saturated heterocycles. The third-order valence-electron chi connectivity index (χ3n) is 4.26. The van der Waals surface area contributed by atoms with E-state index in [-0.39, 0.29) is 17.0 Å². The minimum absolute atomic E-state index is 0.0169. The molecule has 0 aliphatic heterocycles. The van der Waals surface area contributed by atoms with Gasteiger partial charge in [-0.2, -0.15) is 0 Å². The first kappa shape index (κ1) is 17.1. The van der Waals surface area contributed by atoms with Crippen LogP contribution in [-0.4, -0.2) is 23.7 Å². The number of carbonyl (C=O) groups is 2. The van der Waals surface area contributed by atoms with E-state index in [1.54, 1.807) is 12.1 Å². The lowest BCUT2D eigenvalue weighted by Crippen LogP contribution is -2.40. The van der Waals surface area contributed by atoms with Gasteiger partial charge in [-0.1, -0.05) is 37.6 Å². The van der Waals surface area contributed by atoms with Gasteiger partial charge in [0.15, 0.2) is 0 Å². The first-order valence-electron chi connectivity index (χ1n) is 7.92. The molecule has 1 aliphatic carbocycles. The van der Waals surface area contributed by atoms with E-state index < -0.39 is 5.97 Å². The largest absolute Gasteiger partial charge is 0.478 e. The van der Waals surface area contributed by atoms with Gasteiger partial charge in [0.05, 0.1) is 5.56 Å². The van der Waals surface area contributed by atoms with Gasteiger partial charge < -0.3 is 15.7 Å². The Morgan fingerprint density at radius 1 is 1.17 bits per heavy atom. The summed E-state index contributed by atoms with van der Waals surface area (Å²) in [5, 5.41) is 14.6. The highest BCUT2D eigenvalue weighted by Crippen LogP contribution is 2.33. The van der Waals surface area contributed by atoms with Crippen molar-refractivity contribution in [3.8, 4) is 0 Å². The summed E-state index contributed by atoms with van der Waals surface area (Å²) in [6, 6.07) is 6.27. The number of aromatic carboxylic acids is 1. The summed E-state index contributed by atoms with van der Waals surface area (Å²) in [6.07, 6.45) is 5.74. The number of hydrogen-bond acceptors (Lipinski definition) is 2. The average molecular weight is 316 g/mol. The molecular formula is C18H24N2O3. The van der Waals surface area contributed by atoms with Gasteiger partial charge in [0.1, 0.15) is 0 Å². The Balaban J connectivity index is 1.77. The van der Waals surface area contributed by atoms with Crippen LogP contribution in [-0.2, 0) is 6.54 Å². The zero-order valence-corrected chi connectivity index (χ0v) is 13.7. The van der Waals surface area contributed by atoms with Crippen LogP contribution in [0.3, 0.4) is 0 Å². The number of hydrogen-bond donors (Lipinski definition) is 3. The number of benzene rings is 1. The van der Waals surface area contributed by atoms with Gasteiger partial charge in [0.25, 0.3) is 0 Å². The molecular weight excluding hydrogens is 292 g/mol. The summed E-state index contributed by atoms with van der Waals surface area (Å²) in [6.45, 7) is 5.27. The summed E-state index contributed by atoms with van der Waals surface area (Å²) in [5.74, 6) is -0.953. The van der Waals surface area contributed by atoms with Crippen molar-refractivity contribution in [2.24, 2.45) is 5.41 Å². The molecule has 2 rings (SSSR count). The van der Waals surface area contributed by atoms with E-state index in [9.17, 15) is 9.59 Å². The zero-order chi connectivity index (χ0) is 16.9. The summed E-state index contributed by atoms with van der Waals surface area (Å²) in [4.78, 5) is 22.7. The summed E-state index contributed by atoms with van der Waals surface area (Å²) in [5.41, 5.74) is 2.51. The number of amides is 2. The fourth-order valence-corrected chi connectivity index (χ4v) is 2.71. The van der Waals surface area contributed by atoms with E-state index in [4.69, 9.17) is 5.11 Å². The Kier molecular flexibility index (Phi) is 5.42. The third-order valence-corrected chi connectivity index (χ3v) is 4.26. The van der Waals surface area contributed by atoms with Crippen molar-refractivity contribution in [1.82, 2.24) is 10.6 Å². The van der Waals surface area contributed by atoms with Crippen LogP contribution in [0.4, 0.5) is 4.79 Å². The topological polar surface area (TPSA) is 78.4 Å². The number of carbonyl (C=O) groups excluding carboxylic acids is 1. The van der Waals surface area contributed by atoms with Crippen molar-refractivity contribution < 1.29 is 14.7 Å². The standard InChI is InChI=1S/C18H24N2O3/c1-18(2,15-5-3-4-6-15)12-20-17(23)19-11-13-7-9-14(10-8-13)16(21)22/h5,7-10H,3-4,6,11-12H2,1-2H3,(H,21,22)(H2,19,20,23). The van der Waals surface area contributed by atoms with Crippen LogP contribution in [0.2, 0.25) is 0 Å². The lowest BCUT2D eigenvalue weighted by atomic mass is 9.83. The summed E-state index contributed by atoms with van der Waals surface area (Å²) < 4.78 is 0. The van der Waals surface area contributed by atoms with Crippen molar-refractivity contribution >= 4 is 12.0 Å². The van der Waals surface area contributed by atoms with Crippen molar-refractivity contribution in [1.29, 1.82) is 0 Å². The van der Waals surface area contributed by atoms with E-state index in [1.807, 2.05) is 0 Å². The SMILES string of the molecule is CC(C)(CNC(=O)NCc1ccc(C(=O)O)cc1)C1=CCCC1. The van der Waals surface area contributed by atoms with Gasteiger partial charge in [0.2, 0.25) is 0 Å². The molecule has 1 aromatic carbocycles. The molecule has 23 heavy (non-hydrogen) atoms. The van der Waals surface area contributed by atoms with Gasteiger partial charge in [-0.3, -0.25) is 0 Å². The number of carboxylic acids is 1. The van der Waals surface area contributed by atoms with E-state index in [1.165, 1.54) is 24.1 Å². The molecule has 0 unspecified atom stereocenters. The van der Waals surface area contributed by atoms with E-state index in [0.717, 1.165) is 18.4 Å². The minimum Gasteiger partial charge on any atom is -0.478 e. The average Bonchev–Trinajstić information content (AvgIpc) is 3.06. The van der Waals surface area contributed by atoms with Gasteiger partial charge in [0, 0.05) is 18.5 Å².